The summed E-state index contributed by atoms with van der Waals surface area (Å²) in [7, 11) is 0. The van der Waals surface area contributed by atoms with Gasteiger partial charge in [0.2, 0.25) is 0 Å². The summed E-state index contributed by atoms with van der Waals surface area (Å²) in [6, 6.07) is 17.2. The summed E-state index contributed by atoms with van der Waals surface area (Å²) in [5.41, 5.74) is 1.82. The van der Waals surface area contributed by atoms with E-state index in [0.717, 1.165) is 12.2 Å². The molecule has 0 saturated heterocycles. The maximum Gasteiger partial charge on any atom is 0.338 e. The molecule has 0 aliphatic carbocycles. The molecule has 0 aliphatic heterocycles. The summed E-state index contributed by atoms with van der Waals surface area (Å²) >= 11 is 0. The molecule has 200 valence electrons. The van der Waals surface area contributed by atoms with Crippen LogP contribution in [0, 0.1) is 0 Å². The van der Waals surface area contributed by atoms with E-state index < -0.39 is 0 Å². The Labute approximate surface area is 217 Å². The number of ether oxygens (including phenoxy) is 5. The maximum absolute atomic E-state index is 11.8. The molecule has 2 rings (SSSR count). The van der Waals surface area contributed by atoms with Gasteiger partial charge in [0.25, 0.3) is 0 Å². The van der Waals surface area contributed by atoms with Gasteiger partial charge in [-0.15, -0.1) is 0 Å². The number of carbonyl (C=O) groups is 1. The third-order valence-corrected chi connectivity index (χ3v) is 5.72. The molecule has 0 unspecified atom stereocenters. The predicted molar refractivity (Wildman–Crippen MR) is 143 cm³/mol. The Hall–Kier alpha value is -2.41. The second-order valence-electron chi connectivity index (χ2n) is 8.67. The highest BCUT2D eigenvalue weighted by Crippen LogP contribution is 2.21. The van der Waals surface area contributed by atoms with Crippen LogP contribution in [0.15, 0.2) is 54.6 Å². The SMILES string of the molecule is CCCCCCCCCc1ccccc1OCCOCCOCCOCCOC(=O)c1ccccc1. The van der Waals surface area contributed by atoms with Crippen LogP contribution >= 0.6 is 0 Å². The standard InChI is InChI=1S/C30H44O6/c1-2-3-4-5-6-7-9-14-27-15-12-13-18-29(27)35-25-23-33-21-19-32-20-22-34-24-26-36-30(31)28-16-10-8-11-17-28/h8,10-13,15-18H,2-7,9,14,19-26H2,1H3. The van der Waals surface area contributed by atoms with E-state index in [1.54, 1.807) is 24.3 Å². The summed E-state index contributed by atoms with van der Waals surface area (Å²) in [6.45, 7) is 5.80. The van der Waals surface area contributed by atoms with Crippen molar-refractivity contribution in [1.82, 2.24) is 0 Å². The first-order valence-corrected chi connectivity index (χ1v) is 13.5. The van der Waals surface area contributed by atoms with Crippen LogP contribution in [0.5, 0.6) is 5.75 Å². The highest BCUT2D eigenvalue weighted by atomic mass is 16.6. The number of para-hydroxylation sites is 1. The van der Waals surface area contributed by atoms with Gasteiger partial charge in [-0.1, -0.05) is 81.8 Å². The van der Waals surface area contributed by atoms with Gasteiger partial charge < -0.3 is 23.7 Å². The van der Waals surface area contributed by atoms with Crippen LogP contribution in [-0.2, 0) is 25.4 Å². The zero-order chi connectivity index (χ0) is 25.5. The van der Waals surface area contributed by atoms with Crippen molar-refractivity contribution >= 4 is 5.97 Å². The molecule has 36 heavy (non-hydrogen) atoms. The first-order chi connectivity index (χ1) is 17.8. The number of benzene rings is 2. The van der Waals surface area contributed by atoms with E-state index >= 15 is 0 Å². The lowest BCUT2D eigenvalue weighted by Crippen LogP contribution is -2.15. The molecule has 0 heterocycles. The van der Waals surface area contributed by atoms with Crippen molar-refractivity contribution in [3.63, 3.8) is 0 Å². The van der Waals surface area contributed by atoms with Gasteiger partial charge >= 0.3 is 5.97 Å². The molecule has 0 bridgehead atoms. The highest BCUT2D eigenvalue weighted by molar-refractivity contribution is 5.89. The lowest BCUT2D eigenvalue weighted by molar-refractivity contribution is -0.00225. The molecule has 6 heteroatoms. The molecule has 2 aromatic carbocycles. The van der Waals surface area contributed by atoms with Gasteiger partial charge in [-0.2, -0.15) is 0 Å². The summed E-state index contributed by atoms with van der Waals surface area (Å²) in [6.07, 6.45) is 10.3. The van der Waals surface area contributed by atoms with E-state index in [0.29, 0.717) is 51.8 Å². The minimum Gasteiger partial charge on any atom is -0.491 e. The number of hydrogen-bond acceptors (Lipinski definition) is 6. The molecule has 0 aliphatic rings. The number of rotatable bonds is 22. The van der Waals surface area contributed by atoms with Crippen molar-refractivity contribution < 1.29 is 28.5 Å². The zero-order valence-electron chi connectivity index (χ0n) is 22.0. The van der Waals surface area contributed by atoms with Gasteiger partial charge in [-0.05, 0) is 36.6 Å². The molecular weight excluding hydrogens is 456 g/mol. The van der Waals surface area contributed by atoms with E-state index in [-0.39, 0.29) is 12.6 Å². The fourth-order valence-corrected chi connectivity index (χ4v) is 3.73. The summed E-state index contributed by atoms with van der Waals surface area (Å²) < 4.78 is 27.6. The third kappa shape index (κ3) is 14.2. The van der Waals surface area contributed by atoms with Gasteiger partial charge in [0, 0.05) is 0 Å². The second-order valence-corrected chi connectivity index (χ2v) is 8.67. The van der Waals surface area contributed by atoms with E-state index in [1.807, 2.05) is 18.2 Å². The van der Waals surface area contributed by atoms with Crippen molar-refractivity contribution in [2.24, 2.45) is 0 Å². The number of carbonyl (C=O) groups excluding carboxylic acids is 1. The topological polar surface area (TPSA) is 63.2 Å². The predicted octanol–water partition coefficient (Wildman–Crippen LogP) is 6.27. The maximum atomic E-state index is 11.8. The molecule has 6 nitrogen and oxygen atoms in total. The summed E-state index contributed by atoms with van der Waals surface area (Å²) in [5.74, 6) is 0.628. The lowest BCUT2D eigenvalue weighted by atomic mass is 10.0. The molecule has 0 amide bonds. The van der Waals surface area contributed by atoms with Gasteiger partial charge in [0.05, 0.1) is 45.2 Å². The number of aryl methyl sites for hydroxylation is 1. The van der Waals surface area contributed by atoms with Crippen LogP contribution in [0.4, 0.5) is 0 Å². The Morgan fingerprint density at radius 2 is 1.17 bits per heavy atom. The van der Waals surface area contributed by atoms with Crippen molar-refractivity contribution in [2.75, 3.05) is 52.9 Å². The largest absolute Gasteiger partial charge is 0.491 e. The fourth-order valence-electron chi connectivity index (χ4n) is 3.73. The van der Waals surface area contributed by atoms with Crippen molar-refractivity contribution in [2.45, 2.75) is 58.3 Å². The minimum atomic E-state index is -0.340. The smallest absolute Gasteiger partial charge is 0.338 e. The Balaban J connectivity index is 1.39. The summed E-state index contributed by atoms with van der Waals surface area (Å²) in [5, 5.41) is 0. The average molecular weight is 501 g/mol. The van der Waals surface area contributed by atoms with Crippen molar-refractivity contribution in [1.29, 1.82) is 0 Å². The van der Waals surface area contributed by atoms with Gasteiger partial charge in [0.15, 0.2) is 0 Å². The molecule has 0 spiro atoms. The number of esters is 1. The molecule has 0 N–H and O–H groups in total. The third-order valence-electron chi connectivity index (χ3n) is 5.72. The van der Waals surface area contributed by atoms with Crippen LogP contribution in [0.2, 0.25) is 0 Å². The number of hydrogen-bond donors (Lipinski definition) is 0. The van der Waals surface area contributed by atoms with E-state index in [4.69, 9.17) is 23.7 Å². The zero-order valence-corrected chi connectivity index (χ0v) is 22.0. The van der Waals surface area contributed by atoms with Gasteiger partial charge in [-0.25, -0.2) is 4.79 Å². The Morgan fingerprint density at radius 3 is 1.86 bits per heavy atom. The average Bonchev–Trinajstić information content (AvgIpc) is 2.91. The molecular formula is C30H44O6. The molecule has 0 fully saturated rings. The monoisotopic (exact) mass is 500 g/mol. The molecule has 2 aromatic rings. The van der Waals surface area contributed by atoms with Crippen LogP contribution in [0.25, 0.3) is 0 Å². The fraction of sp³-hybridized carbons (Fsp3) is 0.567. The molecule has 0 aromatic heterocycles. The minimum absolute atomic E-state index is 0.221. The van der Waals surface area contributed by atoms with Gasteiger partial charge in [0.1, 0.15) is 19.0 Å². The Kier molecular flexibility index (Phi) is 17.2. The van der Waals surface area contributed by atoms with Crippen LogP contribution in [0.1, 0.15) is 67.8 Å². The molecule has 0 atom stereocenters. The Morgan fingerprint density at radius 1 is 0.611 bits per heavy atom. The van der Waals surface area contributed by atoms with Crippen LogP contribution < -0.4 is 4.74 Å². The quantitative estimate of drug-likeness (QED) is 0.140. The second kappa shape index (κ2) is 20.7. The lowest BCUT2D eigenvalue weighted by Gasteiger charge is -2.12. The van der Waals surface area contributed by atoms with Crippen molar-refractivity contribution in [3.05, 3.63) is 65.7 Å². The molecule has 0 radical (unpaired) electrons. The van der Waals surface area contributed by atoms with Crippen LogP contribution in [-0.4, -0.2) is 58.8 Å². The number of unbranched alkanes of at least 4 members (excludes halogenated alkanes) is 6. The first-order valence-electron chi connectivity index (χ1n) is 13.5. The van der Waals surface area contributed by atoms with E-state index in [9.17, 15) is 4.79 Å². The highest BCUT2D eigenvalue weighted by Gasteiger charge is 2.05. The molecule has 0 saturated carbocycles. The summed E-state index contributed by atoms with van der Waals surface area (Å²) in [4.78, 5) is 11.8. The van der Waals surface area contributed by atoms with Crippen molar-refractivity contribution in [3.8, 4) is 5.75 Å². The van der Waals surface area contributed by atoms with E-state index in [2.05, 4.69) is 19.1 Å². The Bertz CT molecular complexity index is 795. The first kappa shape index (κ1) is 29.8. The van der Waals surface area contributed by atoms with Crippen LogP contribution in [0.3, 0.4) is 0 Å². The normalized spacial score (nSPS) is 10.9. The van der Waals surface area contributed by atoms with E-state index in [1.165, 1.54) is 50.5 Å². The van der Waals surface area contributed by atoms with Gasteiger partial charge in [-0.3, -0.25) is 0 Å².